The first kappa shape index (κ1) is 17.5. The van der Waals surface area contributed by atoms with Gasteiger partial charge in [0.15, 0.2) is 0 Å². The molecule has 0 N–H and O–H groups in total. The van der Waals surface area contributed by atoms with E-state index in [2.05, 4.69) is 12.1 Å². The van der Waals surface area contributed by atoms with Crippen LogP contribution in [0.5, 0.6) is 0 Å². The van der Waals surface area contributed by atoms with Gasteiger partial charge in [0.1, 0.15) is 6.04 Å². The Morgan fingerprint density at radius 2 is 1.72 bits per heavy atom. The molecule has 3 rings (SSSR count). The first-order valence-electron chi connectivity index (χ1n) is 8.40. The molecule has 4 nitrogen and oxygen atoms in total. The summed E-state index contributed by atoms with van der Waals surface area (Å²) in [5, 5.41) is 0. The van der Waals surface area contributed by atoms with Crippen LogP contribution >= 0.6 is 11.8 Å². The Kier molecular flexibility index (Phi) is 6.12. The standard InChI is InChI=1S/C20H21NO3S/c22-19(17-11-5-2-6-12-17)21-15-25-14-18(21)20(23)24-13-7-10-16-8-3-1-4-9-16/h1-6,8-9,11-12,18H,7,10,13-15H2/t18-/m0/s1. The molecular formula is C20H21NO3S. The van der Waals surface area contributed by atoms with E-state index in [9.17, 15) is 9.59 Å². The predicted octanol–water partition coefficient (Wildman–Crippen LogP) is 3.38. The third-order valence-electron chi connectivity index (χ3n) is 4.13. The Bertz CT molecular complexity index is 705. The molecule has 1 aliphatic rings. The zero-order valence-electron chi connectivity index (χ0n) is 14.0. The van der Waals surface area contributed by atoms with Crippen molar-refractivity contribution in [2.75, 3.05) is 18.2 Å². The highest BCUT2D eigenvalue weighted by molar-refractivity contribution is 7.99. The van der Waals surface area contributed by atoms with Crippen LogP contribution in [-0.4, -0.2) is 41.1 Å². The smallest absolute Gasteiger partial charge is 0.329 e. The van der Waals surface area contributed by atoms with Crippen molar-refractivity contribution in [3.05, 3.63) is 71.8 Å². The number of benzene rings is 2. The van der Waals surface area contributed by atoms with Crippen LogP contribution in [0.25, 0.3) is 0 Å². The lowest BCUT2D eigenvalue weighted by atomic mass is 10.1. The minimum Gasteiger partial charge on any atom is -0.464 e. The van der Waals surface area contributed by atoms with Gasteiger partial charge in [0.05, 0.1) is 12.5 Å². The number of carbonyl (C=O) groups is 2. The molecule has 2 aromatic carbocycles. The van der Waals surface area contributed by atoms with E-state index in [1.54, 1.807) is 28.8 Å². The third-order valence-corrected chi connectivity index (χ3v) is 5.15. The summed E-state index contributed by atoms with van der Waals surface area (Å²) < 4.78 is 5.42. The van der Waals surface area contributed by atoms with E-state index in [-0.39, 0.29) is 11.9 Å². The maximum absolute atomic E-state index is 12.6. The van der Waals surface area contributed by atoms with Gasteiger partial charge >= 0.3 is 5.97 Å². The van der Waals surface area contributed by atoms with Gasteiger partial charge in [0.2, 0.25) is 0 Å². The number of hydrogen-bond acceptors (Lipinski definition) is 4. The van der Waals surface area contributed by atoms with Crippen LogP contribution in [0, 0.1) is 0 Å². The Morgan fingerprint density at radius 3 is 2.44 bits per heavy atom. The molecule has 1 atom stereocenters. The van der Waals surface area contributed by atoms with Crippen LogP contribution in [0.2, 0.25) is 0 Å². The van der Waals surface area contributed by atoms with Gasteiger partial charge in [-0.3, -0.25) is 4.79 Å². The number of amides is 1. The van der Waals surface area contributed by atoms with Gasteiger partial charge < -0.3 is 9.64 Å². The molecule has 0 saturated carbocycles. The highest BCUT2D eigenvalue weighted by Gasteiger charge is 2.36. The van der Waals surface area contributed by atoms with Crippen molar-refractivity contribution in [3.63, 3.8) is 0 Å². The molecule has 0 unspecified atom stereocenters. The van der Waals surface area contributed by atoms with Crippen LogP contribution in [0.15, 0.2) is 60.7 Å². The fraction of sp³-hybridized carbons (Fsp3) is 0.300. The van der Waals surface area contributed by atoms with E-state index in [1.165, 1.54) is 5.56 Å². The molecule has 1 saturated heterocycles. The minimum atomic E-state index is -0.491. The molecule has 0 spiro atoms. The largest absolute Gasteiger partial charge is 0.464 e. The van der Waals surface area contributed by atoms with E-state index in [4.69, 9.17) is 4.74 Å². The number of nitrogens with zero attached hydrogens (tertiary/aromatic N) is 1. The first-order valence-corrected chi connectivity index (χ1v) is 9.55. The molecule has 25 heavy (non-hydrogen) atoms. The van der Waals surface area contributed by atoms with Crippen molar-refractivity contribution >= 4 is 23.6 Å². The number of ether oxygens (including phenoxy) is 1. The van der Waals surface area contributed by atoms with Crippen molar-refractivity contribution in [2.45, 2.75) is 18.9 Å². The Hall–Kier alpha value is -2.27. The Labute approximate surface area is 152 Å². The summed E-state index contributed by atoms with van der Waals surface area (Å²) in [6.07, 6.45) is 1.66. The normalized spacial score (nSPS) is 16.6. The molecule has 0 bridgehead atoms. The molecule has 0 aromatic heterocycles. The fourth-order valence-electron chi connectivity index (χ4n) is 2.77. The average molecular weight is 355 g/mol. The molecular weight excluding hydrogens is 334 g/mol. The second-order valence-corrected chi connectivity index (χ2v) is 6.91. The lowest BCUT2D eigenvalue weighted by molar-refractivity contribution is -0.147. The summed E-state index contributed by atoms with van der Waals surface area (Å²) in [7, 11) is 0. The molecule has 5 heteroatoms. The Morgan fingerprint density at radius 1 is 1.04 bits per heavy atom. The lowest BCUT2D eigenvalue weighted by Crippen LogP contribution is -2.42. The molecule has 1 aliphatic heterocycles. The lowest BCUT2D eigenvalue weighted by Gasteiger charge is -2.22. The van der Waals surface area contributed by atoms with Crippen LogP contribution in [0.4, 0.5) is 0 Å². The first-order chi connectivity index (χ1) is 12.3. The topological polar surface area (TPSA) is 46.6 Å². The number of hydrogen-bond donors (Lipinski definition) is 0. The zero-order chi connectivity index (χ0) is 17.5. The number of esters is 1. The van der Waals surface area contributed by atoms with Gasteiger partial charge in [0, 0.05) is 11.3 Å². The molecule has 1 heterocycles. The van der Waals surface area contributed by atoms with Crippen molar-refractivity contribution in [1.29, 1.82) is 0 Å². The minimum absolute atomic E-state index is 0.114. The van der Waals surface area contributed by atoms with E-state index < -0.39 is 6.04 Å². The molecule has 1 amide bonds. The maximum Gasteiger partial charge on any atom is 0.329 e. The van der Waals surface area contributed by atoms with E-state index in [0.29, 0.717) is 23.8 Å². The molecule has 1 fully saturated rings. The van der Waals surface area contributed by atoms with E-state index in [1.807, 2.05) is 36.4 Å². The van der Waals surface area contributed by atoms with Crippen LogP contribution in [0.3, 0.4) is 0 Å². The van der Waals surface area contributed by atoms with Crippen molar-refractivity contribution < 1.29 is 14.3 Å². The second-order valence-electron chi connectivity index (χ2n) is 5.91. The summed E-state index contributed by atoms with van der Waals surface area (Å²) in [5.74, 6) is 0.701. The summed E-state index contributed by atoms with van der Waals surface area (Å²) in [5.41, 5.74) is 1.84. The second kappa shape index (κ2) is 8.72. The highest BCUT2D eigenvalue weighted by atomic mass is 32.2. The monoisotopic (exact) mass is 355 g/mol. The van der Waals surface area contributed by atoms with Crippen LogP contribution in [-0.2, 0) is 16.0 Å². The SMILES string of the molecule is O=C(OCCCc1ccccc1)[C@@H]1CSCN1C(=O)c1ccccc1. The maximum atomic E-state index is 12.6. The van der Waals surface area contributed by atoms with Crippen LogP contribution < -0.4 is 0 Å². The van der Waals surface area contributed by atoms with Gasteiger partial charge in [-0.2, -0.15) is 0 Å². The van der Waals surface area contributed by atoms with Crippen molar-refractivity contribution in [3.8, 4) is 0 Å². The van der Waals surface area contributed by atoms with Gasteiger partial charge in [-0.1, -0.05) is 48.5 Å². The number of carbonyl (C=O) groups excluding carboxylic acids is 2. The summed E-state index contributed by atoms with van der Waals surface area (Å²) in [6, 6.07) is 18.7. The average Bonchev–Trinajstić information content (AvgIpc) is 3.16. The van der Waals surface area contributed by atoms with Gasteiger partial charge in [-0.25, -0.2) is 4.79 Å². The summed E-state index contributed by atoms with van der Waals surface area (Å²) in [6.45, 7) is 0.377. The van der Waals surface area contributed by atoms with Crippen LogP contribution in [0.1, 0.15) is 22.3 Å². The third kappa shape index (κ3) is 4.63. The molecule has 0 aliphatic carbocycles. The molecule has 130 valence electrons. The zero-order valence-corrected chi connectivity index (χ0v) is 14.8. The fourth-order valence-corrected chi connectivity index (χ4v) is 3.91. The summed E-state index contributed by atoms with van der Waals surface area (Å²) >= 11 is 1.58. The van der Waals surface area contributed by atoms with Crippen molar-refractivity contribution in [1.82, 2.24) is 4.90 Å². The number of rotatable bonds is 6. The van der Waals surface area contributed by atoms with Gasteiger partial charge in [-0.05, 0) is 30.5 Å². The van der Waals surface area contributed by atoms with Crippen molar-refractivity contribution in [2.24, 2.45) is 0 Å². The summed E-state index contributed by atoms with van der Waals surface area (Å²) in [4.78, 5) is 26.6. The highest BCUT2D eigenvalue weighted by Crippen LogP contribution is 2.24. The Balaban J connectivity index is 1.50. The number of aryl methyl sites for hydroxylation is 1. The number of thioether (sulfide) groups is 1. The quantitative estimate of drug-likeness (QED) is 0.589. The van der Waals surface area contributed by atoms with Gasteiger partial charge in [-0.15, -0.1) is 11.8 Å². The predicted molar refractivity (Wildman–Crippen MR) is 99.4 cm³/mol. The molecule has 2 aromatic rings. The van der Waals surface area contributed by atoms with E-state index >= 15 is 0 Å². The van der Waals surface area contributed by atoms with E-state index in [0.717, 1.165) is 12.8 Å². The van der Waals surface area contributed by atoms with Gasteiger partial charge in [0.25, 0.3) is 5.91 Å². The molecule has 0 radical (unpaired) electrons.